The molecule has 0 rings (SSSR count). The molecule has 0 bridgehead atoms. The summed E-state index contributed by atoms with van der Waals surface area (Å²) in [5.74, 6) is -2.26. The third kappa shape index (κ3) is 64.5. The number of aliphatic carboxylic acids is 1. The largest absolute Gasteiger partial charge is 0.545 e. The average Bonchev–Trinajstić information content (AvgIpc) is 3.45. The van der Waals surface area contributed by atoms with Crippen molar-refractivity contribution in [2.45, 2.75) is 341 Å². The standard InChI is InChI=1S/C73H133NO8/c1-6-8-10-12-14-16-18-20-22-24-26-28-30-32-34-35-36-37-38-40-42-44-46-48-50-52-54-56-58-60-62-64-71(76)82-69(68-81-73(72(77)78)79-66-65-74(3,4)5)67-80-70(75)63-61-59-57-55-53-51-49-47-45-43-41-39-33-31-29-27-25-23-21-19-17-15-13-11-9-7-2/h8,10,14,16,20,22,26,28,32,34,69,73H,6-7,9,11-13,15,17-19,21,23-25,27,29-31,33,35-68H2,1-5H3/b10-8-,16-14-,22-20-,28-26-,34-32-. The van der Waals surface area contributed by atoms with Crippen LogP contribution in [-0.4, -0.2) is 82.3 Å². The first kappa shape index (κ1) is 79.0. The summed E-state index contributed by atoms with van der Waals surface area (Å²) in [5, 5.41) is 11.8. The highest BCUT2D eigenvalue weighted by Crippen LogP contribution is 2.18. The Labute approximate surface area is 507 Å². The monoisotopic (exact) mass is 1150 g/mol. The van der Waals surface area contributed by atoms with Crippen molar-refractivity contribution in [3.8, 4) is 0 Å². The highest BCUT2D eigenvalue weighted by molar-refractivity contribution is 5.70. The second-order valence-corrected chi connectivity index (χ2v) is 24.8. The Kier molecular flexibility index (Phi) is 61.6. The van der Waals surface area contributed by atoms with Gasteiger partial charge in [-0.2, -0.15) is 0 Å². The molecule has 0 fully saturated rings. The molecule has 0 aromatic carbocycles. The molecular weight excluding hydrogens is 1020 g/mol. The number of esters is 2. The molecule has 0 aliphatic heterocycles. The van der Waals surface area contributed by atoms with E-state index in [0.717, 1.165) is 64.2 Å². The van der Waals surface area contributed by atoms with Crippen LogP contribution < -0.4 is 5.11 Å². The third-order valence-corrected chi connectivity index (χ3v) is 15.5. The number of quaternary nitrogens is 1. The fourth-order valence-electron chi connectivity index (χ4n) is 10.2. The molecule has 0 aromatic heterocycles. The van der Waals surface area contributed by atoms with Crippen molar-refractivity contribution in [1.82, 2.24) is 0 Å². The number of carboxylic acids is 1. The molecule has 0 saturated heterocycles. The van der Waals surface area contributed by atoms with Gasteiger partial charge >= 0.3 is 11.9 Å². The van der Waals surface area contributed by atoms with Crippen molar-refractivity contribution in [1.29, 1.82) is 0 Å². The van der Waals surface area contributed by atoms with Gasteiger partial charge in [0.05, 0.1) is 40.3 Å². The molecule has 2 unspecified atom stereocenters. The van der Waals surface area contributed by atoms with Crippen molar-refractivity contribution < 1.29 is 42.9 Å². The van der Waals surface area contributed by atoms with Crippen LogP contribution in [0.25, 0.3) is 0 Å². The SMILES string of the molecule is CC/C=C\C/C=C\C/C=C\C/C=C\C/C=C\CCCCCCCCCCCCCCCCCC(=O)OC(COC(=O)CCCCCCCCCCCCCCCCCCCCCCCCCCCC)COC(OCC[N+](C)(C)C)C(=O)[O-]. The minimum atomic E-state index is -1.62. The average molecular weight is 1150 g/mol. The van der Waals surface area contributed by atoms with Gasteiger partial charge in [-0.05, 0) is 57.8 Å². The van der Waals surface area contributed by atoms with Crippen LogP contribution in [0.5, 0.6) is 0 Å². The number of ether oxygens (including phenoxy) is 4. The second-order valence-electron chi connectivity index (χ2n) is 24.8. The van der Waals surface area contributed by atoms with E-state index in [2.05, 4.69) is 74.6 Å². The Hall–Kier alpha value is -3.01. The van der Waals surface area contributed by atoms with Crippen molar-refractivity contribution in [3.05, 3.63) is 60.8 Å². The number of carbonyl (C=O) groups excluding carboxylic acids is 3. The number of nitrogens with zero attached hydrogens (tertiary/aromatic N) is 1. The summed E-state index contributed by atoms with van der Waals surface area (Å²) in [6, 6.07) is 0. The van der Waals surface area contributed by atoms with Gasteiger partial charge in [0.15, 0.2) is 12.4 Å². The zero-order valence-corrected chi connectivity index (χ0v) is 54.6. The number of likely N-dealkylation sites (N-methyl/N-ethyl adjacent to an activating group) is 1. The molecule has 9 nitrogen and oxygen atoms in total. The summed E-state index contributed by atoms with van der Waals surface area (Å²) in [6.45, 7) is 4.69. The van der Waals surface area contributed by atoms with E-state index in [4.69, 9.17) is 18.9 Å². The lowest BCUT2D eigenvalue weighted by molar-refractivity contribution is -0.870. The summed E-state index contributed by atoms with van der Waals surface area (Å²) < 4.78 is 22.8. The van der Waals surface area contributed by atoms with E-state index in [9.17, 15) is 19.5 Å². The summed E-state index contributed by atoms with van der Waals surface area (Å²) in [6.07, 6.45) is 80.2. The maximum Gasteiger partial charge on any atom is 0.306 e. The van der Waals surface area contributed by atoms with E-state index in [-0.39, 0.29) is 32.2 Å². The van der Waals surface area contributed by atoms with Crippen LogP contribution in [0.2, 0.25) is 0 Å². The van der Waals surface area contributed by atoms with E-state index in [1.807, 2.05) is 21.1 Å². The maximum atomic E-state index is 12.9. The maximum absolute atomic E-state index is 12.9. The molecule has 0 saturated carbocycles. The van der Waals surface area contributed by atoms with E-state index < -0.39 is 24.3 Å². The van der Waals surface area contributed by atoms with Gasteiger partial charge in [-0.1, -0.05) is 319 Å². The summed E-state index contributed by atoms with van der Waals surface area (Å²) >= 11 is 0. The normalized spacial score (nSPS) is 13.0. The number of carboxylic acid groups (broad SMARTS) is 1. The topological polar surface area (TPSA) is 111 Å². The second kappa shape index (κ2) is 64.0. The Morgan fingerprint density at radius 3 is 1.04 bits per heavy atom. The van der Waals surface area contributed by atoms with E-state index in [0.29, 0.717) is 23.9 Å². The molecule has 0 radical (unpaired) electrons. The Bertz CT molecular complexity index is 1530. The van der Waals surface area contributed by atoms with Crippen LogP contribution in [0.1, 0.15) is 328 Å². The molecule has 478 valence electrons. The van der Waals surface area contributed by atoms with Crippen LogP contribution in [0.3, 0.4) is 0 Å². The molecule has 0 aromatic rings. The first-order valence-electron chi connectivity index (χ1n) is 34.9. The van der Waals surface area contributed by atoms with Crippen molar-refractivity contribution in [2.75, 3.05) is 47.5 Å². The molecule has 0 aliphatic rings. The predicted molar refractivity (Wildman–Crippen MR) is 348 cm³/mol. The van der Waals surface area contributed by atoms with Crippen LogP contribution in [0.15, 0.2) is 60.8 Å². The summed E-state index contributed by atoms with van der Waals surface area (Å²) in [5.41, 5.74) is 0. The number of unbranched alkanes of at least 4 members (excludes halogenated alkanes) is 40. The van der Waals surface area contributed by atoms with Gasteiger partial charge in [0.1, 0.15) is 13.2 Å². The zero-order chi connectivity index (χ0) is 59.8. The number of hydrogen-bond acceptors (Lipinski definition) is 8. The molecule has 0 heterocycles. The number of carbonyl (C=O) groups is 3. The van der Waals surface area contributed by atoms with Crippen LogP contribution in [0, 0.1) is 0 Å². The minimum Gasteiger partial charge on any atom is -0.545 e. The zero-order valence-electron chi connectivity index (χ0n) is 54.6. The molecule has 2 atom stereocenters. The third-order valence-electron chi connectivity index (χ3n) is 15.5. The molecule has 0 amide bonds. The highest BCUT2D eigenvalue weighted by atomic mass is 16.7. The Morgan fingerprint density at radius 1 is 0.378 bits per heavy atom. The van der Waals surface area contributed by atoms with Gasteiger partial charge < -0.3 is 33.3 Å². The lowest BCUT2D eigenvalue weighted by Gasteiger charge is -2.26. The Balaban J connectivity index is 4.09. The first-order chi connectivity index (χ1) is 40.1. The van der Waals surface area contributed by atoms with Crippen LogP contribution in [-0.2, 0) is 33.3 Å². The van der Waals surface area contributed by atoms with Gasteiger partial charge in [-0.15, -0.1) is 0 Å². The van der Waals surface area contributed by atoms with Crippen LogP contribution in [0.4, 0.5) is 0 Å². The number of allylic oxidation sites excluding steroid dienone is 10. The summed E-state index contributed by atoms with van der Waals surface area (Å²) in [4.78, 5) is 37.5. The van der Waals surface area contributed by atoms with Crippen molar-refractivity contribution in [2.24, 2.45) is 0 Å². The van der Waals surface area contributed by atoms with Crippen molar-refractivity contribution >= 4 is 17.9 Å². The van der Waals surface area contributed by atoms with E-state index in [1.54, 1.807) is 0 Å². The lowest BCUT2D eigenvalue weighted by atomic mass is 10.0. The predicted octanol–water partition coefficient (Wildman–Crippen LogP) is 20.2. The van der Waals surface area contributed by atoms with Crippen molar-refractivity contribution in [3.63, 3.8) is 0 Å². The van der Waals surface area contributed by atoms with E-state index in [1.165, 1.54) is 231 Å². The van der Waals surface area contributed by atoms with Gasteiger partial charge in [0.2, 0.25) is 0 Å². The summed E-state index contributed by atoms with van der Waals surface area (Å²) in [7, 11) is 5.94. The lowest BCUT2D eigenvalue weighted by Crippen LogP contribution is -2.44. The fraction of sp³-hybridized carbons (Fsp3) is 0.822. The fourth-order valence-corrected chi connectivity index (χ4v) is 10.2. The molecule has 0 spiro atoms. The van der Waals surface area contributed by atoms with Gasteiger partial charge in [0, 0.05) is 12.8 Å². The molecule has 82 heavy (non-hydrogen) atoms. The number of hydrogen-bond donors (Lipinski definition) is 0. The first-order valence-corrected chi connectivity index (χ1v) is 34.9. The molecular formula is C73H133NO8. The molecule has 0 N–H and O–H groups in total. The van der Waals surface area contributed by atoms with Gasteiger partial charge in [-0.25, -0.2) is 0 Å². The smallest absolute Gasteiger partial charge is 0.306 e. The minimum absolute atomic E-state index is 0.149. The molecule has 9 heteroatoms. The van der Waals surface area contributed by atoms with Crippen LogP contribution >= 0.6 is 0 Å². The number of rotatable bonds is 65. The van der Waals surface area contributed by atoms with E-state index >= 15 is 0 Å². The Morgan fingerprint density at radius 2 is 0.695 bits per heavy atom. The quantitative estimate of drug-likeness (QED) is 0.0195. The van der Waals surface area contributed by atoms with Gasteiger partial charge in [-0.3, -0.25) is 9.59 Å². The molecule has 0 aliphatic carbocycles. The highest BCUT2D eigenvalue weighted by Gasteiger charge is 2.22. The van der Waals surface area contributed by atoms with Gasteiger partial charge in [0.25, 0.3) is 0 Å².